The van der Waals surface area contributed by atoms with Crippen molar-refractivity contribution in [1.29, 1.82) is 0 Å². The minimum atomic E-state index is 0.565. The summed E-state index contributed by atoms with van der Waals surface area (Å²) in [6.07, 6.45) is 1.61. The lowest BCUT2D eigenvalue weighted by atomic mass is 10.6. The molecule has 6 heteroatoms. The first kappa shape index (κ1) is 4.68. The van der Waals surface area contributed by atoms with Crippen molar-refractivity contribution in [3.05, 3.63) is 6.20 Å². The average Bonchev–Trinajstić information content (AvgIpc) is 2.33. The van der Waals surface area contributed by atoms with Gasteiger partial charge in [0.25, 0.3) is 0 Å². The zero-order valence-electron chi connectivity index (χ0n) is 4.22. The average molecular weight is 139 g/mol. The largest absolute Gasteiger partial charge is 0.218 e. The maximum atomic E-state index is 3.67. The van der Waals surface area contributed by atoms with Crippen LogP contribution in [0, 0.1) is 0 Å². The van der Waals surface area contributed by atoms with Crippen molar-refractivity contribution in [2.45, 2.75) is 0 Å². The molecule has 9 heavy (non-hydrogen) atoms. The maximum Gasteiger partial charge on any atom is 0.218 e. The first-order valence-electron chi connectivity index (χ1n) is 2.23. The third kappa shape index (κ3) is 0.636. The molecule has 44 valence electrons. The normalized spacial score (nSPS) is 10.2. The van der Waals surface area contributed by atoms with E-state index in [2.05, 4.69) is 25.0 Å². The Bertz CT molecular complexity index is 252. The third-order valence-electron chi connectivity index (χ3n) is 0.863. The van der Waals surface area contributed by atoms with E-state index in [0.29, 0.717) is 5.82 Å². The summed E-state index contributed by atoms with van der Waals surface area (Å²) in [4.78, 5) is 0.866. The van der Waals surface area contributed by atoms with Crippen LogP contribution in [-0.4, -0.2) is 25.0 Å². The summed E-state index contributed by atoms with van der Waals surface area (Å²) in [7, 11) is 0. The lowest BCUT2D eigenvalue weighted by Gasteiger charge is -1.83. The van der Waals surface area contributed by atoms with Crippen LogP contribution in [0.2, 0.25) is 0 Å². The van der Waals surface area contributed by atoms with Gasteiger partial charge >= 0.3 is 0 Å². The van der Waals surface area contributed by atoms with Crippen LogP contribution in [0.3, 0.4) is 0 Å². The summed E-state index contributed by atoms with van der Waals surface area (Å²) >= 11 is 1.23. The van der Waals surface area contributed by atoms with Crippen molar-refractivity contribution in [2.24, 2.45) is 0 Å². The Morgan fingerprint density at radius 3 is 3.22 bits per heavy atom. The SMILES string of the molecule is c1nnc2nnnsc1-2. The summed E-state index contributed by atoms with van der Waals surface area (Å²) in [5, 5.41) is 14.3. The van der Waals surface area contributed by atoms with E-state index in [1.54, 1.807) is 6.20 Å². The van der Waals surface area contributed by atoms with Gasteiger partial charge in [0.15, 0.2) is 0 Å². The topological polar surface area (TPSA) is 64.5 Å². The minimum absolute atomic E-state index is 0.565. The van der Waals surface area contributed by atoms with Crippen LogP contribution < -0.4 is 0 Å². The third-order valence-corrected chi connectivity index (χ3v) is 1.50. The van der Waals surface area contributed by atoms with E-state index >= 15 is 0 Å². The molecule has 2 aliphatic heterocycles. The van der Waals surface area contributed by atoms with E-state index in [0.717, 1.165) is 4.88 Å². The van der Waals surface area contributed by atoms with Crippen molar-refractivity contribution in [3.8, 4) is 10.7 Å². The van der Waals surface area contributed by atoms with Crippen LogP contribution in [0.15, 0.2) is 6.20 Å². The van der Waals surface area contributed by atoms with Crippen LogP contribution in [0.25, 0.3) is 10.7 Å². The van der Waals surface area contributed by atoms with Gasteiger partial charge in [0.2, 0.25) is 5.82 Å². The molecule has 0 atom stereocenters. The molecular formula is C3HN5S. The fourth-order valence-electron chi connectivity index (χ4n) is 0.500. The zero-order chi connectivity index (χ0) is 6.10. The lowest BCUT2D eigenvalue weighted by molar-refractivity contribution is 0.900. The quantitative estimate of drug-likeness (QED) is 0.507. The standard InChI is InChI=1S/C3HN5S/c1-2-3(5-4-1)6-7-8-9-2/h1H. The van der Waals surface area contributed by atoms with E-state index in [4.69, 9.17) is 0 Å². The Morgan fingerprint density at radius 2 is 2.33 bits per heavy atom. The molecular weight excluding hydrogens is 138 g/mol. The number of nitrogens with zero attached hydrogens (tertiary/aromatic N) is 5. The smallest absolute Gasteiger partial charge is 0.155 e. The molecule has 0 saturated heterocycles. The van der Waals surface area contributed by atoms with Crippen molar-refractivity contribution >= 4 is 11.5 Å². The number of fused-ring (bicyclic) bond motifs is 1. The van der Waals surface area contributed by atoms with E-state index in [-0.39, 0.29) is 0 Å². The van der Waals surface area contributed by atoms with E-state index in [1.165, 1.54) is 11.5 Å². The molecule has 0 N–H and O–H groups in total. The highest BCUT2D eigenvalue weighted by atomic mass is 32.1. The predicted octanol–water partition coefficient (Wildman–Crippen LogP) is -0.172. The van der Waals surface area contributed by atoms with Crippen LogP contribution in [-0.2, 0) is 0 Å². The molecule has 0 saturated carbocycles. The van der Waals surface area contributed by atoms with Gasteiger partial charge in [0, 0.05) is 0 Å². The molecule has 0 spiro atoms. The molecule has 0 radical (unpaired) electrons. The Kier molecular flexibility index (Phi) is 0.863. The van der Waals surface area contributed by atoms with Gasteiger partial charge in [-0.25, -0.2) is 0 Å². The van der Waals surface area contributed by atoms with Gasteiger partial charge in [0.1, 0.15) is 4.88 Å². The van der Waals surface area contributed by atoms with Gasteiger partial charge in [-0.3, -0.25) is 0 Å². The van der Waals surface area contributed by atoms with Crippen molar-refractivity contribution in [2.75, 3.05) is 0 Å². The highest BCUT2D eigenvalue weighted by Crippen LogP contribution is 2.15. The highest BCUT2D eigenvalue weighted by Gasteiger charge is 2.05. The van der Waals surface area contributed by atoms with Crippen LogP contribution in [0.1, 0.15) is 0 Å². The molecule has 0 amide bonds. The highest BCUT2D eigenvalue weighted by molar-refractivity contribution is 7.09. The number of hydrogen-bond acceptors (Lipinski definition) is 6. The second-order valence-electron chi connectivity index (χ2n) is 1.39. The van der Waals surface area contributed by atoms with Gasteiger partial charge in [-0.2, -0.15) is 5.10 Å². The molecule has 2 aliphatic rings. The minimum Gasteiger partial charge on any atom is -0.155 e. The van der Waals surface area contributed by atoms with E-state index < -0.39 is 0 Å². The molecule has 0 fully saturated rings. The maximum absolute atomic E-state index is 3.67. The predicted molar refractivity (Wildman–Crippen MR) is 29.9 cm³/mol. The Hall–Kier alpha value is -1.17. The Labute approximate surface area is 54.3 Å². The fraction of sp³-hybridized carbons (Fsp3) is 0. The van der Waals surface area contributed by atoms with Gasteiger partial charge in [-0.05, 0) is 16.7 Å². The first-order valence-corrected chi connectivity index (χ1v) is 3.00. The van der Waals surface area contributed by atoms with Crippen molar-refractivity contribution < 1.29 is 0 Å². The van der Waals surface area contributed by atoms with Crippen LogP contribution in [0.4, 0.5) is 0 Å². The lowest BCUT2D eigenvalue weighted by Crippen LogP contribution is -1.86. The Morgan fingerprint density at radius 1 is 1.33 bits per heavy atom. The summed E-state index contributed by atoms with van der Waals surface area (Å²) in [6, 6.07) is 0. The molecule has 0 aliphatic carbocycles. The fourth-order valence-corrected chi connectivity index (χ4v) is 0.918. The first-order chi connectivity index (χ1) is 4.47. The molecule has 0 aromatic heterocycles. The number of hydrogen-bond donors (Lipinski definition) is 0. The second-order valence-corrected chi connectivity index (χ2v) is 2.18. The molecule has 0 bridgehead atoms. The van der Waals surface area contributed by atoms with Gasteiger partial charge in [-0.1, -0.05) is 4.49 Å². The van der Waals surface area contributed by atoms with Crippen molar-refractivity contribution in [1.82, 2.24) is 25.0 Å². The molecule has 0 aromatic rings. The molecule has 0 aromatic carbocycles. The van der Waals surface area contributed by atoms with Gasteiger partial charge < -0.3 is 0 Å². The summed E-state index contributed by atoms with van der Waals surface area (Å²) < 4.78 is 3.59. The van der Waals surface area contributed by atoms with E-state index in [9.17, 15) is 0 Å². The van der Waals surface area contributed by atoms with Crippen molar-refractivity contribution in [3.63, 3.8) is 0 Å². The molecule has 5 nitrogen and oxygen atoms in total. The summed E-state index contributed by atoms with van der Waals surface area (Å²) in [5.41, 5.74) is 0. The monoisotopic (exact) mass is 139 g/mol. The molecule has 2 heterocycles. The van der Waals surface area contributed by atoms with Gasteiger partial charge in [-0.15, -0.1) is 10.2 Å². The summed E-state index contributed by atoms with van der Waals surface area (Å²) in [5.74, 6) is 0.565. The number of rotatable bonds is 0. The molecule has 0 unspecified atom stereocenters. The summed E-state index contributed by atoms with van der Waals surface area (Å²) in [6.45, 7) is 0. The second kappa shape index (κ2) is 1.66. The van der Waals surface area contributed by atoms with E-state index in [1.807, 2.05) is 0 Å². The van der Waals surface area contributed by atoms with Crippen LogP contribution >= 0.6 is 11.5 Å². The molecule has 2 rings (SSSR count). The zero-order valence-corrected chi connectivity index (χ0v) is 5.04. The Balaban J connectivity index is 2.79. The number of aromatic nitrogens is 5. The van der Waals surface area contributed by atoms with Gasteiger partial charge in [0.05, 0.1) is 6.20 Å². The van der Waals surface area contributed by atoms with Crippen LogP contribution in [0.5, 0.6) is 0 Å².